The summed E-state index contributed by atoms with van der Waals surface area (Å²) in [6.07, 6.45) is 0. The maximum atomic E-state index is 8.88. The zero-order valence-electron chi connectivity index (χ0n) is 6.97. The third-order valence-electron chi connectivity index (χ3n) is 1.63. The molecule has 1 nitrogen and oxygen atoms in total. The minimum absolute atomic E-state index is 0.0147. The predicted octanol–water partition coefficient (Wildman–Crippen LogP) is 2.87. The second-order valence-electron chi connectivity index (χ2n) is 2.79. The van der Waals surface area contributed by atoms with Gasteiger partial charge in [0.05, 0.1) is 6.61 Å². The van der Waals surface area contributed by atoms with Gasteiger partial charge < -0.3 is 5.11 Å². The fourth-order valence-corrected chi connectivity index (χ4v) is 1.25. The lowest BCUT2D eigenvalue weighted by molar-refractivity contribution is 0.282. The quantitative estimate of drug-likeness (QED) is 0.746. The largest absolute Gasteiger partial charge is 0.392 e. The van der Waals surface area contributed by atoms with E-state index in [0.29, 0.717) is 5.02 Å². The molecule has 0 bridgehead atoms. The molecule has 2 heteroatoms. The number of halogens is 1. The van der Waals surface area contributed by atoms with E-state index in [4.69, 9.17) is 16.7 Å². The Morgan fingerprint density at radius 1 is 1.50 bits per heavy atom. The molecule has 0 amide bonds. The van der Waals surface area contributed by atoms with E-state index in [-0.39, 0.29) is 6.61 Å². The van der Waals surface area contributed by atoms with Gasteiger partial charge in [0.2, 0.25) is 0 Å². The molecule has 0 spiro atoms. The summed E-state index contributed by atoms with van der Waals surface area (Å²) in [5.41, 5.74) is 2.75. The third kappa shape index (κ3) is 2.10. The van der Waals surface area contributed by atoms with Gasteiger partial charge in [0.25, 0.3) is 0 Å². The number of rotatable bonds is 2. The molecular formula is C10H11ClO. The summed E-state index contributed by atoms with van der Waals surface area (Å²) in [6, 6.07) is 5.46. The maximum absolute atomic E-state index is 8.88. The molecule has 0 aliphatic heterocycles. The van der Waals surface area contributed by atoms with Crippen molar-refractivity contribution in [2.24, 2.45) is 0 Å². The van der Waals surface area contributed by atoms with E-state index in [9.17, 15) is 0 Å². The van der Waals surface area contributed by atoms with Crippen LogP contribution in [-0.2, 0) is 6.61 Å². The second kappa shape index (κ2) is 3.74. The summed E-state index contributed by atoms with van der Waals surface area (Å²) in [4.78, 5) is 0. The molecule has 0 atom stereocenters. The third-order valence-corrected chi connectivity index (χ3v) is 1.85. The Bertz CT molecular complexity index is 305. The maximum Gasteiger partial charge on any atom is 0.0682 e. The average Bonchev–Trinajstić information content (AvgIpc) is 2.03. The Morgan fingerprint density at radius 2 is 2.17 bits per heavy atom. The van der Waals surface area contributed by atoms with Crippen LogP contribution in [0.4, 0.5) is 0 Å². The van der Waals surface area contributed by atoms with Crippen molar-refractivity contribution in [1.29, 1.82) is 0 Å². The Kier molecular flexibility index (Phi) is 2.90. The van der Waals surface area contributed by atoms with Crippen molar-refractivity contribution >= 4 is 17.2 Å². The standard InChI is InChI=1S/C10H11ClO/c1-7(2)9-3-8(6-12)4-10(11)5-9/h3-5,12H,1,6H2,2H3. The first-order valence-corrected chi connectivity index (χ1v) is 4.07. The Labute approximate surface area is 77.3 Å². The Hall–Kier alpha value is -0.790. The zero-order valence-corrected chi connectivity index (χ0v) is 7.73. The number of hydrogen-bond donors (Lipinski definition) is 1. The van der Waals surface area contributed by atoms with Crippen LogP contribution >= 0.6 is 11.6 Å². The molecule has 1 rings (SSSR count). The van der Waals surface area contributed by atoms with E-state index in [1.165, 1.54) is 0 Å². The van der Waals surface area contributed by atoms with Gasteiger partial charge in [0, 0.05) is 5.02 Å². The molecule has 0 aliphatic carbocycles. The molecule has 0 heterocycles. The van der Waals surface area contributed by atoms with Gasteiger partial charge in [-0.15, -0.1) is 0 Å². The number of allylic oxidation sites excluding steroid dienone is 1. The van der Waals surface area contributed by atoms with Gasteiger partial charge in [0.15, 0.2) is 0 Å². The van der Waals surface area contributed by atoms with E-state index >= 15 is 0 Å². The van der Waals surface area contributed by atoms with Crippen molar-refractivity contribution in [3.05, 3.63) is 40.9 Å². The van der Waals surface area contributed by atoms with Crippen LogP contribution in [0.3, 0.4) is 0 Å². The molecule has 0 radical (unpaired) electrons. The summed E-state index contributed by atoms with van der Waals surface area (Å²) in [5, 5.41) is 9.52. The summed E-state index contributed by atoms with van der Waals surface area (Å²) >= 11 is 5.82. The summed E-state index contributed by atoms with van der Waals surface area (Å²) in [5.74, 6) is 0. The topological polar surface area (TPSA) is 20.2 Å². The van der Waals surface area contributed by atoms with Gasteiger partial charge in [-0.3, -0.25) is 0 Å². The van der Waals surface area contributed by atoms with Crippen LogP contribution in [0.25, 0.3) is 5.57 Å². The first-order valence-electron chi connectivity index (χ1n) is 3.69. The van der Waals surface area contributed by atoms with Gasteiger partial charge in [-0.25, -0.2) is 0 Å². The molecule has 12 heavy (non-hydrogen) atoms. The highest BCUT2D eigenvalue weighted by Gasteiger charge is 1.98. The predicted molar refractivity (Wildman–Crippen MR) is 52.1 cm³/mol. The van der Waals surface area contributed by atoms with Crippen molar-refractivity contribution < 1.29 is 5.11 Å². The molecule has 1 aromatic carbocycles. The van der Waals surface area contributed by atoms with Crippen molar-refractivity contribution in [1.82, 2.24) is 0 Å². The number of benzene rings is 1. The van der Waals surface area contributed by atoms with Gasteiger partial charge in [-0.1, -0.05) is 23.8 Å². The lowest BCUT2D eigenvalue weighted by Gasteiger charge is -2.03. The van der Waals surface area contributed by atoms with E-state index < -0.39 is 0 Å². The van der Waals surface area contributed by atoms with Gasteiger partial charge in [-0.2, -0.15) is 0 Å². The van der Waals surface area contributed by atoms with Crippen LogP contribution in [0.2, 0.25) is 5.02 Å². The van der Waals surface area contributed by atoms with Crippen molar-refractivity contribution in [3.63, 3.8) is 0 Å². The minimum atomic E-state index is 0.0147. The molecule has 0 aromatic heterocycles. The van der Waals surface area contributed by atoms with Crippen LogP contribution in [0.5, 0.6) is 0 Å². The first kappa shape index (κ1) is 9.30. The zero-order chi connectivity index (χ0) is 9.14. The Balaban J connectivity index is 3.15. The highest BCUT2D eigenvalue weighted by molar-refractivity contribution is 6.30. The molecule has 1 aromatic rings. The summed E-state index contributed by atoms with van der Waals surface area (Å²) in [7, 11) is 0. The second-order valence-corrected chi connectivity index (χ2v) is 3.22. The molecule has 0 saturated heterocycles. The van der Waals surface area contributed by atoms with Crippen LogP contribution < -0.4 is 0 Å². The van der Waals surface area contributed by atoms with Crippen molar-refractivity contribution in [3.8, 4) is 0 Å². The van der Waals surface area contributed by atoms with E-state index in [2.05, 4.69) is 6.58 Å². The SMILES string of the molecule is C=C(C)c1cc(Cl)cc(CO)c1. The smallest absolute Gasteiger partial charge is 0.0682 e. The molecule has 0 fully saturated rings. The van der Waals surface area contributed by atoms with Crippen LogP contribution in [0.15, 0.2) is 24.8 Å². The van der Waals surface area contributed by atoms with Gasteiger partial charge >= 0.3 is 0 Å². The highest BCUT2D eigenvalue weighted by Crippen LogP contribution is 2.19. The van der Waals surface area contributed by atoms with Crippen molar-refractivity contribution in [2.75, 3.05) is 0 Å². The van der Waals surface area contributed by atoms with Gasteiger partial charge in [-0.05, 0) is 36.2 Å². The molecule has 64 valence electrons. The summed E-state index contributed by atoms with van der Waals surface area (Å²) < 4.78 is 0. The van der Waals surface area contributed by atoms with E-state index in [0.717, 1.165) is 16.7 Å². The lowest BCUT2D eigenvalue weighted by atomic mass is 10.1. The number of aliphatic hydroxyl groups is 1. The van der Waals surface area contributed by atoms with Crippen LogP contribution in [0.1, 0.15) is 18.1 Å². The first-order chi connectivity index (χ1) is 5.63. The average molecular weight is 183 g/mol. The normalized spacial score (nSPS) is 9.92. The summed E-state index contributed by atoms with van der Waals surface area (Å²) in [6.45, 7) is 5.73. The fourth-order valence-electron chi connectivity index (χ4n) is 0.988. The molecule has 0 aliphatic rings. The highest BCUT2D eigenvalue weighted by atomic mass is 35.5. The van der Waals surface area contributed by atoms with Crippen molar-refractivity contribution in [2.45, 2.75) is 13.5 Å². The van der Waals surface area contributed by atoms with Gasteiger partial charge in [0.1, 0.15) is 0 Å². The molecule has 0 unspecified atom stereocenters. The van der Waals surface area contributed by atoms with E-state index in [1.54, 1.807) is 6.07 Å². The lowest BCUT2D eigenvalue weighted by Crippen LogP contribution is -1.86. The molecular weight excluding hydrogens is 172 g/mol. The van der Waals surface area contributed by atoms with E-state index in [1.807, 2.05) is 19.1 Å². The minimum Gasteiger partial charge on any atom is -0.392 e. The Morgan fingerprint density at radius 3 is 2.67 bits per heavy atom. The fraction of sp³-hybridized carbons (Fsp3) is 0.200. The molecule has 0 saturated carbocycles. The number of hydrogen-bond acceptors (Lipinski definition) is 1. The van der Waals surface area contributed by atoms with Crippen LogP contribution in [0, 0.1) is 0 Å². The number of aliphatic hydroxyl groups excluding tert-OH is 1. The van der Waals surface area contributed by atoms with Crippen LogP contribution in [-0.4, -0.2) is 5.11 Å². The monoisotopic (exact) mass is 182 g/mol. The molecule has 1 N–H and O–H groups in total.